The number of ether oxygens (including phenoxy) is 1. The third-order valence-corrected chi connectivity index (χ3v) is 2.99. The van der Waals surface area contributed by atoms with Crippen LogP contribution in [0.25, 0.3) is 0 Å². The molecule has 82 valence electrons. The summed E-state index contributed by atoms with van der Waals surface area (Å²) >= 11 is 0. The second-order valence-electron chi connectivity index (χ2n) is 4.53. The molecule has 1 heterocycles. The first-order valence-corrected chi connectivity index (χ1v) is 5.52. The molecule has 0 saturated heterocycles. The Kier molecular flexibility index (Phi) is 2.91. The normalized spacial score (nSPS) is 19.1. The molecule has 2 rings (SSSR count). The maximum atomic E-state index is 6.18. The van der Waals surface area contributed by atoms with Gasteiger partial charge in [0.05, 0.1) is 5.54 Å². The maximum absolute atomic E-state index is 6.18. The lowest BCUT2D eigenvalue weighted by Gasteiger charge is -2.23. The first kappa shape index (κ1) is 10.4. The quantitative estimate of drug-likeness (QED) is 0.823. The average molecular weight is 206 g/mol. The van der Waals surface area contributed by atoms with Gasteiger partial charge in [-0.15, -0.1) is 0 Å². The molecule has 3 nitrogen and oxygen atoms in total. The van der Waals surface area contributed by atoms with Gasteiger partial charge in [0.1, 0.15) is 6.61 Å². The predicted molar refractivity (Wildman–Crippen MR) is 59.9 cm³/mol. The van der Waals surface area contributed by atoms with Gasteiger partial charge in [-0.25, -0.2) is 4.98 Å². The zero-order valence-corrected chi connectivity index (χ0v) is 9.20. The van der Waals surface area contributed by atoms with Gasteiger partial charge in [-0.3, -0.25) is 0 Å². The number of nitrogens with two attached hydrogens (primary N) is 1. The van der Waals surface area contributed by atoms with Gasteiger partial charge in [0.25, 0.3) is 0 Å². The molecule has 0 aliphatic heterocycles. The second-order valence-corrected chi connectivity index (χ2v) is 4.53. The Bertz CT molecular complexity index is 315. The van der Waals surface area contributed by atoms with Crippen molar-refractivity contribution in [1.29, 1.82) is 0 Å². The molecule has 0 bridgehead atoms. The Balaban J connectivity index is 1.90. The second kappa shape index (κ2) is 4.19. The highest BCUT2D eigenvalue weighted by Crippen LogP contribution is 2.27. The van der Waals surface area contributed by atoms with E-state index in [9.17, 15) is 0 Å². The van der Waals surface area contributed by atoms with E-state index in [1.54, 1.807) is 0 Å². The predicted octanol–water partition coefficient (Wildman–Crippen LogP) is 2.04. The van der Waals surface area contributed by atoms with Gasteiger partial charge < -0.3 is 10.5 Å². The minimum Gasteiger partial charge on any atom is -0.476 e. The molecule has 0 atom stereocenters. The van der Waals surface area contributed by atoms with E-state index >= 15 is 0 Å². The van der Waals surface area contributed by atoms with Gasteiger partial charge in [-0.1, -0.05) is 18.9 Å². The Morgan fingerprint density at radius 2 is 2.13 bits per heavy atom. The number of aryl methyl sites for hydroxylation is 1. The molecule has 0 amide bonds. The van der Waals surface area contributed by atoms with E-state index < -0.39 is 0 Å². The van der Waals surface area contributed by atoms with Crippen molar-refractivity contribution in [2.45, 2.75) is 38.1 Å². The molecule has 1 aliphatic carbocycles. The van der Waals surface area contributed by atoms with Crippen LogP contribution in [0.1, 0.15) is 31.2 Å². The van der Waals surface area contributed by atoms with Gasteiger partial charge >= 0.3 is 0 Å². The van der Waals surface area contributed by atoms with E-state index in [0.717, 1.165) is 18.4 Å². The van der Waals surface area contributed by atoms with Crippen LogP contribution in [0.5, 0.6) is 5.88 Å². The van der Waals surface area contributed by atoms with Crippen molar-refractivity contribution in [2.24, 2.45) is 5.73 Å². The lowest BCUT2D eigenvalue weighted by molar-refractivity contribution is 0.213. The molecule has 0 spiro atoms. The van der Waals surface area contributed by atoms with Crippen molar-refractivity contribution in [3.8, 4) is 5.88 Å². The van der Waals surface area contributed by atoms with E-state index in [2.05, 4.69) is 4.98 Å². The van der Waals surface area contributed by atoms with E-state index in [1.807, 2.05) is 25.3 Å². The van der Waals surface area contributed by atoms with Crippen LogP contribution in [-0.2, 0) is 0 Å². The monoisotopic (exact) mass is 206 g/mol. The van der Waals surface area contributed by atoms with Crippen LogP contribution in [0.3, 0.4) is 0 Å². The number of rotatable bonds is 3. The summed E-state index contributed by atoms with van der Waals surface area (Å²) in [5.74, 6) is 0.678. The number of nitrogens with zero attached hydrogens (tertiary/aromatic N) is 1. The molecule has 1 fully saturated rings. The van der Waals surface area contributed by atoms with Crippen LogP contribution in [0.4, 0.5) is 0 Å². The van der Waals surface area contributed by atoms with Gasteiger partial charge in [0.15, 0.2) is 0 Å². The molecule has 3 heteroatoms. The lowest BCUT2D eigenvalue weighted by Crippen LogP contribution is -2.42. The van der Waals surface area contributed by atoms with Crippen LogP contribution in [0, 0.1) is 6.92 Å². The number of hydrogen-bond donors (Lipinski definition) is 1. The van der Waals surface area contributed by atoms with E-state index in [-0.39, 0.29) is 5.54 Å². The molecular formula is C12H18N2O. The van der Waals surface area contributed by atoms with Crippen LogP contribution < -0.4 is 10.5 Å². The summed E-state index contributed by atoms with van der Waals surface area (Å²) in [6.45, 7) is 2.60. The van der Waals surface area contributed by atoms with Gasteiger partial charge in [-0.2, -0.15) is 0 Å². The Hall–Kier alpha value is -1.09. The summed E-state index contributed by atoms with van der Waals surface area (Å²) in [5, 5.41) is 0. The van der Waals surface area contributed by atoms with Crippen molar-refractivity contribution in [2.75, 3.05) is 6.61 Å². The van der Waals surface area contributed by atoms with Crippen molar-refractivity contribution in [1.82, 2.24) is 4.98 Å². The Morgan fingerprint density at radius 1 is 1.40 bits per heavy atom. The third kappa shape index (κ3) is 2.69. The zero-order chi connectivity index (χ0) is 10.7. The summed E-state index contributed by atoms with van der Waals surface area (Å²) in [5.41, 5.74) is 7.21. The molecule has 2 N–H and O–H groups in total. The molecule has 0 aromatic carbocycles. The standard InChI is InChI=1S/C12H18N2O/c1-10-4-5-11(14-8-10)15-9-12(13)6-2-3-7-12/h4-5,8H,2-3,6-7,9,13H2,1H3. The van der Waals surface area contributed by atoms with E-state index in [0.29, 0.717) is 12.5 Å². The van der Waals surface area contributed by atoms with Crippen LogP contribution in [0.15, 0.2) is 18.3 Å². The van der Waals surface area contributed by atoms with Gasteiger partial charge in [-0.05, 0) is 25.3 Å². The van der Waals surface area contributed by atoms with Crippen LogP contribution in [-0.4, -0.2) is 17.1 Å². The van der Waals surface area contributed by atoms with Crippen molar-refractivity contribution >= 4 is 0 Å². The fourth-order valence-electron chi connectivity index (χ4n) is 1.98. The summed E-state index contributed by atoms with van der Waals surface area (Å²) in [6.07, 6.45) is 6.40. The minimum atomic E-state index is -0.118. The minimum absolute atomic E-state index is 0.118. The highest BCUT2D eigenvalue weighted by atomic mass is 16.5. The van der Waals surface area contributed by atoms with Gasteiger partial charge in [0.2, 0.25) is 5.88 Å². The molecule has 0 unspecified atom stereocenters. The Labute approximate surface area is 90.7 Å². The molecule has 15 heavy (non-hydrogen) atoms. The van der Waals surface area contributed by atoms with E-state index in [1.165, 1.54) is 12.8 Å². The highest BCUT2D eigenvalue weighted by Gasteiger charge is 2.30. The number of pyridine rings is 1. The summed E-state index contributed by atoms with van der Waals surface area (Å²) in [6, 6.07) is 3.90. The first-order chi connectivity index (χ1) is 7.18. The van der Waals surface area contributed by atoms with E-state index in [4.69, 9.17) is 10.5 Å². The molecule has 1 aromatic rings. The molecule has 1 aliphatic rings. The largest absolute Gasteiger partial charge is 0.476 e. The molecular weight excluding hydrogens is 188 g/mol. The lowest BCUT2D eigenvalue weighted by atomic mass is 10.0. The fraction of sp³-hybridized carbons (Fsp3) is 0.583. The summed E-state index contributed by atoms with van der Waals surface area (Å²) < 4.78 is 5.61. The van der Waals surface area contributed by atoms with Crippen LogP contribution in [0.2, 0.25) is 0 Å². The van der Waals surface area contributed by atoms with Crippen molar-refractivity contribution in [3.05, 3.63) is 23.9 Å². The number of aromatic nitrogens is 1. The third-order valence-electron chi connectivity index (χ3n) is 2.99. The molecule has 1 aromatic heterocycles. The fourth-order valence-corrected chi connectivity index (χ4v) is 1.98. The van der Waals surface area contributed by atoms with Crippen LogP contribution >= 0.6 is 0 Å². The molecule has 1 saturated carbocycles. The SMILES string of the molecule is Cc1ccc(OCC2(N)CCCC2)nc1. The van der Waals surface area contributed by atoms with Gasteiger partial charge in [0, 0.05) is 12.3 Å². The topological polar surface area (TPSA) is 48.1 Å². The summed E-state index contributed by atoms with van der Waals surface area (Å²) in [4.78, 5) is 4.19. The summed E-state index contributed by atoms with van der Waals surface area (Å²) in [7, 11) is 0. The smallest absolute Gasteiger partial charge is 0.213 e. The Morgan fingerprint density at radius 3 is 2.73 bits per heavy atom. The van der Waals surface area contributed by atoms with Crippen molar-refractivity contribution in [3.63, 3.8) is 0 Å². The maximum Gasteiger partial charge on any atom is 0.213 e. The van der Waals surface area contributed by atoms with Crippen molar-refractivity contribution < 1.29 is 4.74 Å². The zero-order valence-electron chi connectivity index (χ0n) is 9.20. The molecule has 0 radical (unpaired) electrons. The number of hydrogen-bond acceptors (Lipinski definition) is 3. The average Bonchev–Trinajstić information content (AvgIpc) is 2.65. The first-order valence-electron chi connectivity index (χ1n) is 5.52. The highest BCUT2D eigenvalue weighted by molar-refractivity contribution is 5.16.